The van der Waals surface area contributed by atoms with E-state index in [0.717, 1.165) is 47.7 Å². The Labute approximate surface area is 178 Å². The molecule has 0 spiro atoms. The summed E-state index contributed by atoms with van der Waals surface area (Å²) in [5, 5.41) is 17.5. The lowest BCUT2D eigenvalue weighted by molar-refractivity contribution is -0.134. The van der Waals surface area contributed by atoms with E-state index in [4.69, 9.17) is 19.4 Å². The summed E-state index contributed by atoms with van der Waals surface area (Å²) in [5.41, 5.74) is 3.29. The van der Waals surface area contributed by atoms with Gasteiger partial charge >= 0.3 is 5.97 Å². The van der Waals surface area contributed by atoms with Crippen molar-refractivity contribution in [3.8, 4) is 11.5 Å². The Morgan fingerprint density at radius 2 is 1.68 bits per heavy atom. The molecule has 4 rings (SSSR count). The summed E-state index contributed by atoms with van der Waals surface area (Å²) in [6, 6.07) is 9.04. The fourth-order valence-corrected chi connectivity index (χ4v) is 3.49. The zero-order valence-corrected chi connectivity index (χ0v) is 17.5. The van der Waals surface area contributed by atoms with E-state index in [2.05, 4.69) is 14.9 Å². The number of aromatic carboxylic acids is 1. The molecule has 0 radical (unpaired) electrons. The maximum absolute atomic E-state index is 11.2. The average molecular weight is 425 g/mol. The summed E-state index contributed by atoms with van der Waals surface area (Å²) in [6.07, 6.45) is 2.31. The Morgan fingerprint density at radius 3 is 2.32 bits per heavy atom. The largest absolute Gasteiger partial charge is 0.493 e. The number of fused-ring (bicyclic) bond motifs is 2. The normalized spacial score (nSPS) is 12.4. The highest BCUT2D eigenvalue weighted by molar-refractivity contribution is 5.92. The van der Waals surface area contributed by atoms with Crippen LogP contribution in [0.2, 0.25) is 0 Å². The average Bonchev–Trinajstić information content (AvgIpc) is 2.76. The lowest BCUT2D eigenvalue weighted by Crippen LogP contribution is -2.31. The third-order valence-electron chi connectivity index (χ3n) is 4.88. The highest BCUT2D eigenvalue weighted by Gasteiger charge is 2.21. The number of carboxylic acid groups (broad SMARTS) is 2. The molecule has 2 aromatic carbocycles. The van der Waals surface area contributed by atoms with Gasteiger partial charge in [0.15, 0.2) is 11.5 Å². The number of aliphatic carboxylic acids is 1. The van der Waals surface area contributed by atoms with Crippen molar-refractivity contribution >= 4 is 28.7 Å². The SMILES string of the molecule is CC(=O)O.COc1cc2ncnc(N3CCc4cc(C(=O)O)ccc4C3)c2cc1OC. The molecule has 1 aliphatic rings. The minimum atomic E-state index is -0.900. The van der Waals surface area contributed by atoms with Crippen LogP contribution in [-0.4, -0.2) is 52.9 Å². The van der Waals surface area contributed by atoms with E-state index >= 15 is 0 Å². The van der Waals surface area contributed by atoms with E-state index in [-0.39, 0.29) is 0 Å². The summed E-state index contributed by atoms with van der Waals surface area (Å²) in [5.74, 6) is 0.348. The van der Waals surface area contributed by atoms with Gasteiger partial charge in [-0.3, -0.25) is 4.79 Å². The predicted molar refractivity (Wildman–Crippen MR) is 114 cm³/mol. The van der Waals surface area contributed by atoms with Gasteiger partial charge in [0.05, 0.1) is 25.3 Å². The monoisotopic (exact) mass is 425 g/mol. The van der Waals surface area contributed by atoms with Crippen LogP contribution in [0.3, 0.4) is 0 Å². The molecule has 9 heteroatoms. The summed E-state index contributed by atoms with van der Waals surface area (Å²) in [7, 11) is 3.20. The van der Waals surface area contributed by atoms with Crippen molar-refractivity contribution in [3.63, 3.8) is 0 Å². The number of anilines is 1. The molecule has 0 atom stereocenters. The Balaban J connectivity index is 0.000000628. The molecule has 0 amide bonds. The smallest absolute Gasteiger partial charge is 0.335 e. The van der Waals surface area contributed by atoms with Crippen molar-refractivity contribution in [1.29, 1.82) is 0 Å². The molecule has 2 N–H and O–H groups in total. The van der Waals surface area contributed by atoms with Gasteiger partial charge in [0, 0.05) is 31.5 Å². The number of rotatable bonds is 4. The number of hydrogen-bond acceptors (Lipinski definition) is 7. The van der Waals surface area contributed by atoms with Crippen molar-refractivity contribution in [2.45, 2.75) is 19.9 Å². The molecule has 0 bridgehead atoms. The first-order chi connectivity index (χ1) is 14.8. The number of benzene rings is 2. The molecule has 2 heterocycles. The molecule has 1 aromatic heterocycles. The van der Waals surface area contributed by atoms with Gasteiger partial charge in [-0.15, -0.1) is 0 Å². The third-order valence-corrected chi connectivity index (χ3v) is 4.88. The highest BCUT2D eigenvalue weighted by Crippen LogP contribution is 2.36. The van der Waals surface area contributed by atoms with E-state index in [9.17, 15) is 9.90 Å². The van der Waals surface area contributed by atoms with Crippen LogP contribution < -0.4 is 14.4 Å². The van der Waals surface area contributed by atoms with Crippen molar-refractivity contribution in [2.24, 2.45) is 0 Å². The van der Waals surface area contributed by atoms with Crippen LogP contribution in [0, 0.1) is 0 Å². The first-order valence-corrected chi connectivity index (χ1v) is 9.50. The molecular weight excluding hydrogens is 402 g/mol. The molecule has 0 saturated carbocycles. The van der Waals surface area contributed by atoms with Crippen LogP contribution in [-0.2, 0) is 17.8 Å². The van der Waals surface area contributed by atoms with Gasteiger partial charge in [0.1, 0.15) is 12.1 Å². The maximum atomic E-state index is 11.2. The number of nitrogens with zero attached hydrogens (tertiary/aromatic N) is 3. The van der Waals surface area contributed by atoms with E-state index in [1.165, 1.54) is 0 Å². The lowest BCUT2D eigenvalue weighted by Gasteiger charge is -2.30. The van der Waals surface area contributed by atoms with Crippen LogP contribution in [0.1, 0.15) is 28.4 Å². The quantitative estimate of drug-likeness (QED) is 0.649. The highest BCUT2D eigenvalue weighted by atomic mass is 16.5. The summed E-state index contributed by atoms with van der Waals surface area (Å²) in [4.78, 5) is 31.2. The molecule has 0 fully saturated rings. The molecule has 0 unspecified atom stereocenters. The summed E-state index contributed by atoms with van der Waals surface area (Å²) < 4.78 is 10.8. The van der Waals surface area contributed by atoms with Crippen molar-refractivity contribution in [2.75, 3.05) is 25.7 Å². The zero-order valence-electron chi connectivity index (χ0n) is 17.5. The molecule has 9 nitrogen and oxygen atoms in total. The molecule has 0 saturated heterocycles. The van der Waals surface area contributed by atoms with Crippen molar-refractivity contribution in [1.82, 2.24) is 9.97 Å². The molecule has 1 aliphatic heterocycles. The number of carbonyl (C=O) groups is 2. The molecule has 3 aromatic rings. The number of hydrogen-bond donors (Lipinski definition) is 2. The fourth-order valence-electron chi connectivity index (χ4n) is 3.49. The van der Waals surface area contributed by atoms with Gasteiger partial charge in [-0.05, 0) is 35.7 Å². The van der Waals surface area contributed by atoms with Crippen molar-refractivity contribution < 1.29 is 29.3 Å². The predicted octanol–water partition coefficient (Wildman–Crippen LogP) is 3.00. The third kappa shape index (κ3) is 4.82. The summed E-state index contributed by atoms with van der Waals surface area (Å²) in [6.45, 7) is 2.49. The number of carboxylic acids is 2. The van der Waals surface area contributed by atoms with Crippen molar-refractivity contribution in [3.05, 3.63) is 53.3 Å². The van der Waals surface area contributed by atoms with Gasteiger partial charge in [0.25, 0.3) is 5.97 Å². The molecular formula is C22H23N3O6. The van der Waals surface area contributed by atoms with Crippen LogP contribution in [0.25, 0.3) is 10.9 Å². The van der Waals surface area contributed by atoms with E-state index < -0.39 is 11.9 Å². The van der Waals surface area contributed by atoms with E-state index in [0.29, 0.717) is 23.6 Å². The first kappa shape index (κ1) is 21.8. The van der Waals surface area contributed by atoms with Gasteiger partial charge in [-0.25, -0.2) is 14.8 Å². The minimum Gasteiger partial charge on any atom is -0.493 e. The zero-order chi connectivity index (χ0) is 22.5. The van der Waals surface area contributed by atoms with Crippen LogP contribution >= 0.6 is 0 Å². The second-order valence-electron chi connectivity index (χ2n) is 6.90. The Morgan fingerprint density at radius 1 is 1.00 bits per heavy atom. The Kier molecular flexibility index (Phi) is 6.54. The topological polar surface area (TPSA) is 122 Å². The minimum absolute atomic E-state index is 0.325. The van der Waals surface area contributed by atoms with Gasteiger partial charge in [-0.2, -0.15) is 0 Å². The molecule has 162 valence electrons. The Hall–Kier alpha value is -3.88. The number of ether oxygens (including phenoxy) is 2. The standard InChI is InChI=1S/C20H19N3O4.C2H4O2/c1-26-17-8-15-16(9-18(17)27-2)21-11-22-19(15)23-6-5-12-7-13(20(24)25)3-4-14(12)10-23;1-2(3)4/h3-4,7-9,11H,5-6,10H2,1-2H3,(H,24,25);1H3,(H,3,4). The second-order valence-corrected chi connectivity index (χ2v) is 6.90. The number of aromatic nitrogens is 2. The summed E-state index contributed by atoms with van der Waals surface area (Å²) >= 11 is 0. The Bertz CT molecular complexity index is 1130. The van der Waals surface area contributed by atoms with Gasteiger partial charge in [0.2, 0.25) is 0 Å². The molecule has 0 aliphatic carbocycles. The van der Waals surface area contributed by atoms with E-state index in [1.54, 1.807) is 32.7 Å². The van der Waals surface area contributed by atoms with Crippen LogP contribution in [0.5, 0.6) is 11.5 Å². The second kappa shape index (κ2) is 9.29. The van der Waals surface area contributed by atoms with Gasteiger partial charge < -0.3 is 24.6 Å². The fraction of sp³-hybridized carbons (Fsp3) is 0.273. The number of methoxy groups -OCH3 is 2. The van der Waals surface area contributed by atoms with Crippen LogP contribution in [0.4, 0.5) is 5.82 Å². The first-order valence-electron chi connectivity index (χ1n) is 9.50. The lowest BCUT2D eigenvalue weighted by atomic mass is 9.97. The van der Waals surface area contributed by atoms with Crippen LogP contribution in [0.15, 0.2) is 36.7 Å². The molecule has 31 heavy (non-hydrogen) atoms. The maximum Gasteiger partial charge on any atom is 0.335 e. The van der Waals surface area contributed by atoms with Gasteiger partial charge in [-0.1, -0.05) is 6.07 Å². The van der Waals surface area contributed by atoms with E-state index in [1.807, 2.05) is 18.2 Å².